The second-order valence-corrected chi connectivity index (χ2v) is 23.3. The molecule has 6 heteroatoms. The van der Waals surface area contributed by atoms with Gasteiger partial charge < -0.3 is 26.4 Å². The first-order valence-electron chi connectivity index (χ1n) is 33.0. The van der Waals surface area contributed by atoms with Crippen molar-refractivity contribution in [2.75, 3.05) is 59.3 Å². The molecule has 0 N–H and O–H groups in total. The number of rotatable bonds is 61. The number of hydrogen-bond acceptors (Lipinski definition) is 3. The average Bonchev–Trinajstić information content (AvgIpc) is 3.77. The highest BCUT2D eigenvalue weighted by Gasteiger charge is 2.33. The number of carbonyl (C=O) groups excluding carboxylic acids is 1. The fourth-order valence-electron chi connectivity index (χ4n) is 11.5. The SMILES string of the molecule is CCCCCCCCCCCCCCCCCCOCCC[N+](CCCCCCCCCCCCCCCCCC)(CCCOCCCCCCCCCCCCCCCCCC)CN1CCCC1=O.[Cl-]. The minimum atomic E-state index is 0. The van der Waals surface area contributed by atoms with Crippen molar-refractivity contribution in [2.24, 2.45) is 0 Å². The van der Waals surface area contributed by atoms with Crippen molar-refractivity contribution >= 4 is 5.91 Å². The zero-order valence-electron chi connectivity index (χ0n) is 49.1. The Balaban J connectivity index is 0.0000490. The first-order chi connectivity index (χ1) is 34.7. The van der Waals surface area contributed by atoms with Crippen LogP contribution in [0.2, 0.25) is 0 Å². The molecule has 0 unspecified atom stereocenters. The van der Waals surface area contributed by atoms with Gasteiger partial charge in [0, 0.05) is 39.0 Å². The molecule has 0 radical (unpaired) electrons. The molecule has 1 saturated heterocycles. The van der Waals surface area contributed by atoms with Crippen molar-refractivity contribution < 1.29 is 31.2 Å². The topological polar surface area (TPSA) is 38.8 Å². The number of quaternary nitrogens is 1. The van der Waals surface area contributed by atoms with Gasteiger partial charge in [0.15, 0.2) is 6.67 Å². The lowest BCUT2D eigenvalue weighted by Gasteiger charge is -2.41. The molecule has 1 aliphatic rings. The summed E-state index contributed by atoms with van der Waals surface area (Å²) in [6.45, 7) is 15.8. The number of ether oxygens (including phenoxy) is 2. The Kier molecular flexibility index (Phi) is 58.6. The summed E-state index contributed by atoms with van der Waals surface area (Å²) in [5.41, 5.74) is 0. The van der Waals surface area contributed by atoms with E-state index < -0.39 is 0 Å². The molecular formula is C65H131ClN2O3. The van der Waals surface area contributed by atoms with Crippen molar-refractivity contribution in [3.8, 4) is 0 Å². The maximum atomic E-state index is 13.1. The minimum absolute atomic E-state index is 0. The molecule has 0 atom stereocenters. The Hall–Kier alpha value is -0.360. The smallest absolute Gasteiger partial charge is 0.226 e. The van der Waals surface area contributed by atoms with Crippen molar-refractivity contribution in [2.45, 2.75) is 355 Å². The van der Waals surface area contributed by atoms with E-state index in [1.54, 1.807) is 0 Å². The maximum Gasteiger partial charge on any atom is 0.226 e. The molecular weight excluding hydrogens is 892 g/mol. The van der Waals surface area contributed by atoms with Crippen LogP contribution in [0.25, 0.3) is 0 Å². The predicted molar refractivity (Wildman–Crippen MR) is 310 cm³/mol. The van der Waals surface area contributed by atoms with Crippen LogP contribution in [-0.4, -0.2) is 74.6 Å². The van der Waals surface area contributed by atoms with Crippen molar-refractivity contribution in [1.29, 1.82) is 0 Å². The van der Waals surface area contributed by atoms with Gasteiger partial charge in [-0.15, -0.1) is 0 Å². The molecule has 0 saturated carbocycles. The van der Waals surface area contributed by atoms with Crippen LogP contribution in [0.4, 0.5) is 0 Å². The van der Waals surface area contributed by atoms with E-state index >= 15 is 0 Å². The Morgan fingerprint density at radius 2 is 0.549 bits per heavy atom. The summed E-state index contributed by atoms with van der Waals surface area (Å²) >= 11 is 0. The molecule has 1 heterocycles. The van der Waals surface area contributed by atoms with E-state index in [0.717, 1.165) is 82.9 Å². The molecule has 0 aromatic carbocycles. The van der Waals surface area contributed by atoms with Crippen molar-refractivity contribution in [1.82, 2.24) is 4.90 Å². The van der Waals surface area contributed by atoms with Gasteiger partial charge in [-0.3, -0.25) is 9.69 Å². The lowest BCUT2D eigenvalue weighted by Crippen LogP contribution is -3.00. The van der Waals surface area contributed by atoms with Gasteiger partial charge in [-0.2, -0.15) is 0 Å². The van der Waals surface area contributed by atoms with Gasteiger partial charge in [0.05, 0.1) is 32.8 Å². The minimum Gasteiger partial charge on any atom is -1.00 e. The molecule has 1 aliphatic heterocycles. The number of nitrogens with zero attached hydrogens (tertiary/aromatic N) is 2. The maximum absolute atomic E-state index is 13.1. The van der Waals surface area contributed by atoms with Crippen molar-refractivity contribution in [3.63, 3.8) is 0 Å². The molecule has 0 aromatic heterocycles. The first-order valence-corrected chi connectivity index (χ1v) is 33.0. The third-order valence-electron chi connectivity index (χ3n) is 16.3. The molecule has 1 fully saturated rings. The molecule has 0 aliphatic carbocycles. The fraction of sp³-hybridized carbons (Fsp3) is 0.985. The van der Waals surface area contributed by atoms with Crippen LogP contribution in [0.15, 0.2) is 0 Å². The van der Waals surface area contributed by atoms with E-state index in [2.05, 4.69) is 25.7 Å². The summed E-state index contributed by atoms with van der Waals surface area (Å²) in [6.07, 6.45) is 71.6. The highest BCUT2D eigenvalue weighted by molar-refractivity contribution is 5.77. The number of hydrogen-bond donors (Lipinski definition) is 0. The van der Waals surface area contributed by atoms with E-state index in [1.807, 2.05) is 0 Å². The normalized spacial score (nSPS) is 13.0. The standard InChI is InChI=1S/C65H131N2O3.ClH/c1-4-7-10-13-16-19-22-25-28-31-34-37-40-43-46-49-57-67(64-66-56-52-55-65(66)68,58-53-62-69-60-50-47-44-41-38-35-32-29-26-23-20-17-14-11-8-5-2)59-54-63-70-61-51-48-45-42-39-36-33-30-27-24-21-18-15-12-9-6-3;/h4-64H2,1-3H3;1H/q+1;/p-1. The molecule has 0 aromatic rings. The third kappa shape index (κ3) is 50.2. The Bertz CT molecular complexity index is 969. The monoisotopic (exact) mass is 1020 g/mol. The summed E-state index contributed by atoms with van der Waals surface area (Å²) in [4.78, 5) is 15.3. The summed E-state index contributed by atoms with van der Waals surface area (Å²) in [7, 11) is 0. The zero-order valence-corrected chi connectivity index (χ0v) is 49.9. The number of amides is 1. The highest BCUT2D eigenvalue weighted by Crippen LogP contribution is 2.22. The number of halogens is 1. The lowest BCUT2D eigenvalue weighted by molar-refractivity contribution is -0.936. The molecule has 0 bridgehead atoms. The van der Waals surface area contributed by atoms with Gasteiger partial charge >= 0.3 is 0 Å². The van der Waals surface area contributed by atoms with E-state index in [4.69, 9.17) is 9.47 Å². The van der Waals surface area contributed by atoms with Gasteiger partial charge in [0.2, 0.25) is 5.91 Å². The summed E-state index contributed by atoms with van der Waals surface area (Å²) in [5.74, 6) is 0.383. The van der Waals surface area contributed by atoms with Crippen LogP contribution in [0.5, 0.6) is 0 Å². The first kappa shape index (κ1) is 70.6. The number of carbonyl (C=O) groups is 1. The number of unbranched alkanes of at least 4 members (excludes halogenated alkanes) is 45. The fourth-order valence-corrected chi connectivity index (χ4v) is 11.5. The second kappa shape index (κ2) is 58.9. The average molecular weight is 1020 g/mol. The van der Waals surface area contributed by atoms with E-state index in [1.165, 1.54) is 315 Å². The largest absolute Gasteiger partial charge is 1.00 e. The van der Waals surface area contributed by atoms with Gasteiger partial charge in [0.25, 0.3) is 0 Å². The molecule has 71 heavy (non-hydrogen) atoms. The van der Waals surface area contributed by atoms with Crippen LogP contribution in [-0.2, 0) is 14.3 Å². The lowest BCUT2D eigenvalue weighted by atomic mass is 10.0. The van der Waals surface area contributed by atoms with Crippen LogP contribution >= 0.6 is 0 Å². The van der Waals surface area contributed by atoms with Gasteiger partial charge in [-0.05, 0) is 32.1 Å². The van der Waals surface area contributed by atoms with Crippen molar-refractivity contribution in [3.05, 3.63) is 0 Å². The predicted octanol–water partition coefficient (Wildman–Crippen LogP) is 18.0. The quantitative estimate of drug-likeness (QED) is 0.0450. The van der Waals surface area contributed by atoms with Gasteiger partial charge in [-0.25, -0.2) is 0 Å². The zero-order chi connectivity index (χ0) is 50.2. The van der Waals surface area contributed by atoms with E-state index in [9.17, 15) is 4.79 Å². The molecule has 426 valence electrons. The third-order valence-corrected chi connectivity index (χ3v) is 16.3. The van der Waals surface area contributed by atoms with Gasteiger partial charge in [0.1, 0.15) is 0 Å². The van der Waals surface area contributed by atoms with E-state index in [0.29, 0.717) is 5.91 Å². The molecule has 1 amide bonds. The molecule has 0 spiro atoms. The van der Waals surface area contributed by atoms with E-state index in [-0.39, 0.29) is 12.4 Å². The summed E-state index contributed by atoms with van der Waals surface area (Å²) in [5, 5.41) is 0. The number of likely N-dealkylation sites (tertiary alicyclic amines) is 1. The second-order valence-electron chi connectivity index (χ2n) is 23.3. The van der Waals surface area contributed by atoms with Gasteiger partial charge in [-0.1, -0.05) is 303 Å². The highest BCUT2D eigenvalue weighted by atomic mass is 35.5. The summed E-state index contributed by atoms with van der Waals surface area (Å²) < 4.78 is 13.7. The van der Waals surface area contributed by atoms with Crippen LogP contribution in [0.3, 0.4) is 0 Å². The Labute approximate surface area is 453 Å². The van der Waals surface area contributed by atoms with Crippen LogP contribution < -0.4 is 12.4 Å². The van der Waals surface area contributed by atoms with Crippen LogP contribution in [0.1, 0.15) is 355 Å². The molecule has 5 nitrogen and oxygen atoms in total. The molecule has 1 rings (SSSR count). The van der Waals surface area contributed by atoms with Crippen LogP contribution in [0, 0.1) is 0 Å². The Morgan fingerprint density at radius 1 is 0.324 bits per heavy atom. The Morgan fingerprint density at radius 3 is 0.803 bits per heavy atom. The summed E-state index contributed by atoms with van der Waals surface area (Å²) in [6, 6.07) is 0.